The molecule has 0 saturated heterocycles. The molecule has 1 aliphatic heterocycles. The minimum Gasteiger partial charge on any atom is -0.489 e. The maximum absolute atomic E-state index is 11.6. The standard InChI is InChI=1S/C10H9N3O2/c14-10-8-6(12-5-13-10)1-2-7-9(8)15-4-3-11-7/h1-2,5,11H,3-4H2,(H,12,13,14). The Hall–Kier alpha value is -2.04. The fourth-order valence-electron chi connectivity index (χ4n) is 1.76. The Morgan fingerprint density at radius 2 is 2.33 bits per heavy atom. The number of rotatable bonds is 0. The highest BCUT2D eigenvalue weighted by Gasteiger charge is 2.15. The number of aromatic amines is 1. The summed E-state index contributed by atoms with van der Waals surface area (Å²) in [5.74, 6) is 0.605. The van der Waals surface area contributed by atoms with Gasteiger partial charge in [0.05, 0.1) is 17.5 Å². The lowest BCUT2D eigenvalue weighted by molar-refractivity contribution is 0.327. The third-order valence-electron chi connectivity index (χ3n) is 2.43. The van der Waals surface area contributed by atoms with Crippen LogP contribution in [0.15, 0.2) is 23.3 Å². The van der Waals surface area contributed by atoms with Gasteiger partial charge in [-0.05, 0) is 12.1 Å². The molecule has 2 N–H and O–H groups in total. The highest BCUT2D eigenvalue weighted by Crippen LogP contribution is 2.32. The largest absolute Gasteiger partial charge is 0.489 e. The lowest BCUT2D eigenvalue weighted by atomic mass is 10.2. The van der Waals surface area contributed by atoms with Gasteiger partial charge in [0.2, 0.25) is 0 Å². The Kier molecular flexibility index (Phi) is 1.65. The molecule has 0 unspecified atom stereocenters. The molecule has 1 aliphatic rings. The number of H-pyrrole nitrogens is 1. The predicted octanol–water partition coefficient (Wildman–Crippen LogP) is 0.727. The molecular weight excluding hydrogens is 194 g/mol. The van der Waals surface area contributed by atoms with Gasteiger partial charge < -0.3 is 15.0 Å². The molecule has 0 fully saturated rings. The van der Waals surface area contributed by atoms with E-state index >= 15 is 0 Å². The fraction of sp³-hybridized carbons (Fsp3) is 0.200. The van der Waals surface area contributed by atoms with Crippen LogP contribution < -0.4 is 15.6 Å². The van der Waals surface area contributed by atoms with E-state index in [1.165, 1.54) is 6.33 Å². The predicted molar refractivity (Wildman–Crippen MR) is 56.3 cm³/mol. The lowest BCUT2D eigenvalue weighted by Crippen LogP contribution is -2.20. The molecule has 76 valence electrons. The summed E-state index contributed by atoms with van der Waals surface area (Å²) in [6.07, 6.45) is 1.40. The van der Waals surface area contributed by atoms with Gasteiger partial charge in [0.15, 0.2) is 5.75 Å². The van der Waals surface area contributed by atoms with E-state index in [2.05, 4.69) is 15.3 Å². The molecule has 5 heteroatoms. The third kappa shape index (κ3) is 1.16. The van der Waals surface area contributed by atoms with Crippen molar-refractivity contribution < 1.29 is 4.74 Å². The summed E-state index contributed by atoms with van der Waals surface area (Å²) >= 11 is 0. The van der Waals surface area contributed by atoms with Crippen molar-refractivity contribution in [3.05, 3.63) is 28.8 Å². The minimum absolute atomic E-state index is 0.166. The van der Waals surface area contributed by atoms with Crippen molar-refractivity contribution in [2.45, 2.75) is 0 Å². The van der Waals surface area contributed by atoms with Gasteiger partial charge in [-0.3, -0.25) is 4.79 Å². The molecular formula is C10H9N3O2. The lowest BCUT2D eigenvalue weighted by Gasteiger charge is -2.19. The van der Waals surface area contributed by atoms with E-state index in [1.54, 1.807) is 0 Å². The molecule has 0 radical (unpaired) electrons. The van der Waals surface area contributed by atoms with Crippen molar-refractivity contribution in [2.24, 2.45) is 0 Å². The van der Waals surface area contributed by atoms with E-state index < -0.39 is 0 Å². The molecule has 3 rings (SSSR count). The van der Waals surface area contributed by atoms with Crippen LogP contribution in [-0.2, 0) is 0 Å². The van der Waals surface area contributed by atoms with Crippen molar-refractivity contribution >= 4 is 16.6 Å². The van der Waals surface area contributed by atoms with Crippen molar-refractivity contribution in [3.63, 3.8) is 0 Å². The number of benzene rings is 1. The highest BCUT2D eigenvalue weighted by molar-refractivity contribution is 5.90. The van der Waals surface area contributed by atoms with Crippen LogP contribution in [-0.4, -0.2) is 23.1 Å². The average molecular weight is 203 g/mol. The van der Waals surface area contributed by atoms with E-state index in [9.17, 15) is 4.79 Å². The Labute approximate surface area is 85.1 Å². The van der Waals surface area contributed by atoms with Crippen LogP contribution in [0.25, 0.3) is 10.9 Å². The summed E-state index contributed by atoms with van der Waals surface area (Å²) in [5.41, 5.74) is 1.34. The highest BCUT2D eigenvalue weighted by atomic mass is 16.5. The van der Waals surface area contributed by atoms with Crippen molar-refractivity contribution in [3.8, 4) is 5.75 Å². The number of hydrogen-bond acceptors (Lipinski definition) is 4. The number of nitrogens with zero attached hydrogens (tertiary/aromatic N) is 1. The Morgan fingerprint density at radius 1 is 1.40 bits per heavy atom. The molecule has 0 spiro atoms. The number of anilines is 1. The van der Waals surface area contributed by atoms with Gasteiger partial charge in [-0.2, -0.15) is 0 Å². The van der Waals surface area contributed by atoms with Gasteiger partial charge in [-0.15, -0.1) is 0 Å². The first-order valence-electron chi connectivity index (χ1n) is 4.73. The quantitative estimate of drug-likeness (QED) is 0.662. The first-order valence-corrected chi connectivity index (χ1v) is 4.73. The van der Waals surface area contributed by atoms with Crippen molar-refractivity contribution in [2.75, 3.05) is 18.5 Å². The second-order valence-electron chi connectivity index (χ2n) is 3.34. The maximum atomic E-state index is 11.6. The number of fused-ring (bicyclic) bond motifs is 3. The summed E-state index contributed by atoms with van der Waals surface area (Å²) in [6, 6.07) is 3.69. The zero-order valence-electron chi connectivity index (χ0n) is 7.91. The number of aromatic nitrogens is 2. The van der Waals surface area contributed by atoms with Crippen LogP contribution in [0, 0.1) is 0 Å². The second-order valence-corrected chi connectivity index (χ2v) is 3.34. The molecule has 0 bridgehead atoms. The maximum Gasteiger partial charge on any atom is 0.262 e. The average Bonchev–Trinajstić information content (AvgIpc) is 2.29. The van der Waals surface area contributed by atoms with Gasteiger partial charge in [0, 0.05) is 6.54 Å². The summed E-state index contributed by atoms with van der Waals surface area (Å²) in [4.78, 5) is 18.3. The van der Waals surface area contributed by atoms with Gasteiger partial charge >= 0.3 is 0 Å². The van der Waals surface area contributed by atoms with Gasteiger partial charge in [-0.1, -0.05) is 0 Å². The summed E-state index contributed by atoms with van der Waals surface area (Å²) < 4.78 is 5.50. The monoisotopic (exact) mass is 203 g/mol. The van der Waals surface area contributed by atoms with E-state index in [0.717, 1.165) is 12.2 Å². The van der Waals surface area contributed by atoms with Gasteiger partial charge in [0.1, 0.15) is 12.0 Å². The smallest absolute Gasteiger partial charge is 0.262 e. The molecule has 0 saturated carbocycles. The van der Waals surface area contributed by atoms with E-state index in [1.807, 2.05) is 12.1 Å². The van der Waals surface area contributed by atoms with E-state index in [-0.39, 0.29) is 5.56 Å². The minimum atomic E-state index is -0.166. The van der Waals surface area contributed by atoms with Crippen LogP contribution in [0.3, 0.4) is 0 Å². The summed E-state index contributed by atoms with van der Waals surface area (Å²) in [7, 11) is 0. The van der Waals surface area contributed by atoms with Crippen molar-refractivity contribution in [1.29, 1.82) is 0 Å². The molecule has 0 amide bonds. The van der Waals surface area contributed by atoms with Gasteiger partial charge in [0.25, 0.3) is 5.56 Å². The van der Waals surface area contributed by atoms with Crippen LogP contribution >= 0.6 is 0 Å². The molecule has 1 aromatic heterocycles. The second kappa shape index (κ2) is 2.98. The number of hydrogen-bond donors (Lipinski definition) is 2. The van der Waals surface area contributed by atoms with Crippen molar-refractivity contribution in [1.82, 2.24) is 9.97 Å². The molecule has 0 aliphatic carbocycles. The number of ether oxygens (including phenoxy) is 1. The summed E-state index contributed by atoms with van der Waals surface area (Å²) in [6.45, 7) is 1.33. The molecule has 15 heavy (non-hydrogen) atoms. The molecule has 0 atom stereocenters. The number of nitrogens with one attached hydrogen (secondary N) is 2. The van der Waals surface area contributed by atoms with Crippen LogP contribution in [0.2, 0.25) is 0 Å². The molecule has 5 nitrogen and oxygen atoms in total. The zero-order valence-corrected chi connectivity index (χ0v) is 7.91. The Morgan fingerprint density at radius 3 is 3.27 bits per heavy atom. The third-order valence-corrected chi connectivity index (χ3v) is 2.43. The molecule has 2 heterocycles. The zero-order chi connectivity index (χ0) is 10.3. The SMILES string of the molecule is O=c1[nH]cnc2ccc3c(c12)OCCN3. The molecule has 2 aromatic rings. The first kappa shape index (κ1) is 8.28. The van der Waals surface area contributed by atoms with Crippen LogP contribution in [0.5, 0.6) is 5.75 Å². The first-order chi connectivity index (χ1) is 7.36. The Balaban J connectivity index is 2.44. The topological polar surface area (TPSA) is 67.0 Å². The van der Waals surface area contributed by atoms with Crippen LogP contribution in [0.4, 0.5) is 5.69 Å². The summed E-state index contributed by atoms with van der Waals surface area (Å²) in [5, 5.41) is 3.69. The molecule has 1 aromatic carbocycles. The normalized spacial score (nSPS) is 14.1. The Bertz CT molecular complexity index is 576. The van der Waals surface area contributed by atoms with E-state index in [0.29, 0.717) is 23.3 Å². The van der Waals surface area contributed by atoms with Crippen LogP contribution in [0.1, 0.15) is 0 Å². The van der Waals surface area contributed by atoms with Gasteiger partial charge in [-0.25, -0.2) is 4.98 Å². The van der Waals surface area contributed by atoms with E-state index in [4.69, 9.17) is 4.74 Å². The fourth-order valence-corrected chi connectivity index (χ4v) is 1.76.